The molecule has 16 heavy (non-hydrogen) atoms. The van der Waals surface area contributed by atoms with E-state index in [2.05, 4.69) is 9.98 Å². The van der Waals surface area contributed by atoms with Gasteiger partial charge in [-0.2, -0.15) is 5.26 Å². The van der Waals surface area contributed by atoms with Gasteiger partial charge in [0.1, 0.15) is 11.6 Å². The van der Waals surface area contributed by atoms with E-state index < -0.39 is 0 Å². The lowest BCUT2D eigenvalue weighted by molar-refractivity contribution is 0.450. The van der Waals surface area contributed by atoms with Crippen molar-refractivity contribution in [3.8, 4) is 11.9 Å². The summed E-state index contributed by atoms with van der Waals surface area (Å²) in [6.07, 6.45) is 1.67. The van der Waals surface area contributed by atoms with Crippen molar-refractivity contribution in [1.29, 1.82) is 5.26 Å². The Hall–Kier alpha value is -2.09. The summed E-state index contributed by atoms with van der Waals surface area (Å²) < 4.78 is 0. The quantitative estimate of drug-likeness (QED) is 0.617. The van der Waals surface area contributed by atoms with Gasteiger partial charge in [-0.3, -0.25) is 0 Å². The number of aryl methyl sites for hydroxylation is 1. The molecule has 0 fully saturated rings. The summed E-state index contributed by atoms with van der Waals surface area (Å²) in [5, 5.41) is 18.1. The van der Waals surface area contributed by atoms with Gasteiger partial charge in [-0.05, 0) is 19.9 Å². The summed E-state index contributed by atoms with van der Waals surface area (Å²) in [4.78, 5) is 9.95. The van der Waals surface area contributed by atoms with Gasteiger partial charge in [-0.25, -0.2) is 9.98 Å². The molecule has 5 heteroatoms. The molecule has 0 aromatic carbocycles. The van der Waals surface area contributed by atoms with E-state index in [1.165, 1.54) is 6.07 Å². The van der Waals surface area contributed by atoms with Gasteiger partial charge in [0.25, 0.3) is 0 Å². The maximum Gasteiger partial charge on any atom is 0.229 e. The second-order valence-corrected chi connectivity index (χ2v) is 3.39. The van der Waals surface area contributed by atoms with Crippen LogP contribution in [0.2, 0.25) is 0 Å². The first-order valence-electron chi connectivity index (χ1n) is 4.93. The monoisotopic (exact) mass is 218 g/mol. The van der Waals surface area contributed by atoms with Crippen LogP contribution < -0.4 is 0 Å². The normalized spacial score (nSPS) is 10.4. The standard InChI is InChI=1S/C11H14N4O/c1-4-15(3)7-13-10-5-9(6-12)11(16)14-8(10)2/h5,7H,4H2,1-3H3,(H,14,16)/b13-7-. The molecule has 0 aliphatic carbocycles. The fourth-order valence-electron chi connectivity index (χ4n) is 1.04. The highest BCUT2D eigenvalue weighted by atomic mass is 16.3. The van der Waals surface area contributed by atoms with Crippen molar-refractivity contribution in [2.75, 3.05) is 13.6 Å². The van der Waals surface area contributed by atoms with E-state index >= 15 is 0 Å². The van der Waals surface area contributed by atoms with Crippen molar-refractivity contribution in [3.05, 3.63) is 17.3 Å². The molecule has 0 radical (unpaired) electrons. The zero-order chi connectivity index (χ0) is 12.1. The minimum atomic E-state index is -0.247. The third-order valence-electron chi connectivity index (χ3n) is 2.18. The minimum Gasteiger partial charge on any atom is -0.492 e. The van der Waals surface area contributed by atoms with Crippen LogP contribution in [0.25, 0.3) is 0 Å². The average molecular weight is 218 g/mol. The highest BCUT2D eigenvalue weighted by Crippen LogP contribution is 2.23. The van der Waals surface area contributed by atoms with Crippen LogP contribution in [0.4, 0.5) is 5.69 Å². The number of hydrogen-bond acceptors (Lipinski definition) is 4. The van der Waals surface area contributed by atoms with Gasteiger partial charge in [0.05, 0.1) is 17.7 Å². The highest BCUT2D eigenvalue weighted by molar-refractivity contribution is 5.63. The molecule has 0 saturated carbocycles. The third kappa shape index (κ3) is 2.70. The lowest BCUT2D eigenvalue weighted by Gasteiger charge is -2.08. The number of pyridine rings is 1. The predicted molar refractivity (Wildman–Crippen MR) is 61.8 cm³/mol. The molecule has 0 unspecified atom stereocenters. The SMILES string of the molecule is CCN(C)/C=N\c1cc(C#N)c(O)nc1C. The summed E-state index contributed by atoms with van der Waals surface area (Å²) >= 11 is 0. The molecule has 0 spiro atoms. The van der Waals surface area contributed by atoms with Crippen molar-refractivity contribution in [2.24, 2.45) is 4.99 Å². The molecule has 0 atom stereocenters. The topological polar surface area (TPSA) is 72.5 Å². The van der Waals surface area contributed by atoms with Gasteiger partial charge in [0.2, 0.25) is 5.88 Å². The first-order chi connectivity index (χ1) is 7.58. The summed E-state index contributed by atoms with van der Waals surface area (Å²) in [6.45, 7) is 4.59. The first kappa shape index (κ1) is 12.0. The minimum absolute atomic E-state index is 0.136. The Morgan fingerprint density at radius 2 is 2.38 bits per heavy atom. The molecular formula is C11H14N4O. The molecule has 5 nitrogen and oxygen atoms in total. The summed E-state index contributed by atoms with van der Waals surface area (Å²) in [5.74, 6) is -0.247. The van der Waals surface area contributed by atoms with Crippen molar-refractivity contribution in [3.63, 3.8) is 0 Å². The molecule has 1 N–H and O–H groups in total. The first-order valence-corrected chi connectivity index (χ1v) is 4.93. The van der Waals surface area contributed by atoms with Crippen molar-refractivity contribution in [2.45, 2.75) is 13.8 Å². The molecule has 0 saturated heterocycles. The van der Waals surface area contributed by atoms with Gasteiger partial charge in [-0.15, -0.1) is 0 Å². The Kier molecular flexibility index (Phi) is 3.84. The van der Waals surface area contributed by atoms with Crippen LogP contribution in [0.3, 0.4) is 0 Å². The number of nitriles is 1. The Morgan fingerprint density at radius 1 is 1.69 bits per heavy atom. The van der Waals surface area contributed by atoms with Gasteiger partial charge in [0, 0.05) is 13.6 Å². The fraction of sp³-hybridized carbons (Fsp3) is 0.364. The Bertz CT molecular complexity index is 448. The van der Waals surface area contributed by atoms with Crippen LogP contribution in [-0.4, -0.2) is 34.9 Å². The third-order valence-corrected chi connectivity index (χ3v) is 2.18. The van der Waals surface area contributed by atoms with E-state index in [4.69, 9.17) is 5.26 Å². The lowest BCUT2D eigenvalue weighted by Crippen LogP contribution is -2.14. The molecule has 0 aliphatic heterocycles. The molecule has 0 bridgehead atoms. The van der Waals surface area contributed by atoms with Crippen LogP contribution in [0.5, 0.6) is 5.88 Å². The van der Waals surface area contributed by atoms with Gasteiger partial charge >= 0.3 is 0 Å². The number of aromatic nitrogens is 1. The number of aliphatic imine (C=N–C) groups is 1. The molecule has 0 aliphatic rings. The van der Waals surface area contributed by atoms with Crippen LogP contribution in [-0.2, 0) is 0 Å². The number of aromatic hydroxyl groups is 1. The lowest BCUT2D eigenvalue weighted by atomic mass is 10.2. The van der Waals surface area contributed by atoms with E-state index in [-0.39, 0.29) is 11.4 Å². The van der Waals surface area contributed by atoms with Gasteiger partial charge in [-0.1, -0.05) is 0 Å². The highest BCUT2D eigenvalue weighted by Gasteiger charge is 2.06. The van der Waals surface area contributed by atoms with E-state index in [1.807, 2.05) is 24.9 Å². The smallest absolute Gasteiger partial charge is 0.229 e. The van der Waals surface area contributed by atoms with Crippen LogP contribution in [0.15, 0.2) is 11.1 Å². The largest absolute Gasteiger partial charge is 0.492 e. The van der Waals surface area contributed by atoms with Crippen LogP contribution in [0, 0.1) is 18.3 Å². The van der Waals surface area contributed by atoms with E-state index in [0.29, 0.717) is 11.4 Å². The molecular weight excluding hydrogens is 204 g/mol. The molecule has 84 valence electrons. The maximum absolute atomic E-state index is 9.34. The van der Waals surface area contributed by atoms with Crippen LogP contribution >= 0.6 is 0 Å². The second kappa shape index (κ2) is 5.12. The zero-order valence-electron chi connectivity index (χ0n) is 9.60. The molecule has 0 amide bonds. The fourth-order valence-corrected chi connectivity index (χ4v) is 1.04. The van der Waals surface area contributed by atoms with Crippen LogP contribution in [0.1, 0.15) is 18.2 Å². The Labute approximate surface area is 94.7 Å². The maximum atomic E-state index is 9.34. The Balaban J connectivity index is 3.06. The Morgan fingerprint density at radius 3 is 2.94 bits per heavy atom. The van der Waals surface area contributed by atoms with Gasteiger partial charge < -0.3 is 10.0 Å². The summed E-state index contributed by atoms with van der Waals surface area (Å²) in [5.41, 5.74) is 1.32. The van der Waals surface area contributed by atoms with Crippen molar-refractivity contribution >= 4 is 12.0 Å². The zero-order valence-corrected chi connectivity index (χ0v) is 9.60. The average Bonchev–Trinajstić information content (AvgIpc) is 2.27. The van der Waals surface area contributed by atoms with Gasteiger partial charge in [0.15, 0.2) is 0 Å². The van der Waals surface area contributed by atoms with Crippen molar-refractivity contribution < 1.29 is 5.11 Å². The van der Waals surface area contributed by atoms with E-state index in [1.54, 1.807) is 13.3 Å². The van der Waals surface area contributed by atoms with Crippen molar-refractivity contribution in [1.82, 2.24) is 9.88 Å². The predicted octanol–water partition coefficient (Wildman–Crippen LogP) is 1.58. The second-order valence-electron chi connectivity index (χ2n) is 3.39. The van der Waals surface area contributed by atoms with E-state index in [9.17, 15) is 5.11 Å². The molecule has 1 aromatic heterocycles. The van der Waals surface area contributed by atoms with E-state index in [0.717, 1.165) is 6.54 Å². The summed E-state index contributed by atoms with van der Waals surface area (Å²) in [6, 6.07) is 3.39. The molecule has 1 aromatic rings. The number of hydrogen-bond donors (Lipinski definition) is 1. The summed E-state index contributed by atoms with van der Waals surface area (Å²) in [7, 11) is 1.90. The number of nitrogens with zero attached hydrogens (tertiary/aromatic N) is 4. The molecule has 1 heterocycles. The molecule has 1 rings (SSSR count). The number of rotatable bonds is 3.